The van der Waals surface area contributed by atoms with Crippen LogP contribution in [-0.4, -0.2) is 0 Å². The van der Waals surface area contributed by atoms with Gasteiger partial charge in [0.1, 0.15) is 0 Å². The van der Waals surface area contributed by atoms with Crippen LogP contribution in [0.2, 0.25) is 5.02 Å². The fraction of sp³-hybridized carbons (Fsp3) is 0.294. The van der Waals surface area contributed by atoms with Crippen molar-refractivity contribution in [1.29, 1.82) is 0 Å². The van der Waals surface area contributed by atoms with E-state index in [1.165, 1.54) is 24.3 Å². The Morgan fingerprint density at radius 2 is 1.68 bits per heavy atom. The number of nitrogen functional groups attached to an aromatic ring is 1. The van der Waals surface area contributed by atoms with Gasteiger partial charge >= 0.3 is 6.18 Å². The smallest absolute Gasteiger partial charge is 0.399 e. The van der Waals surface area contributed by atoms with Gasteiger partial charge in [0.15, 0.2) is 0 Å². The molecule has 0 amide bonds. The van der Waals surface area contributed by atoms with E-state index >= 15 is 0 Å². The van der Waals surface area contributed by atoms with Crippen LogP contribution in [0.4, 0.5) is 18.9 Å². The highest BCUT2D eigenvalue weighted by atomic mass is 35.5. The second kappa shape index (κ2) is 6.21. The Hall–Kier alpha value is -1.68. The van der Waals surface area contributed by atoms with Gasteiger partial charge in [-0.2, -0.15) is 13.2 Å². The summed E-state index contributed by atoms with van der Waals surface area (Å²) in [4.78, 5) is 0. The van der Waals surface area contributed by atoms with Gasteiger partial charge in [-0.25, -0.2) is 0 Å². The molecule has 0 aliphatic heterocycles. The van der Waals surface area contributed by atoms with Gasteiger partial charge in [0.25, 0.3) is 0 Å². The quantitative estimate of drug-likeness (QED) is 0.708. The van der Waals surface area contributed by atoms with E-state index in [1.807, 2.05) is 13.8 Å². The second-order valence-electron chi connectivity index (χ2n) is 5.71. The van der Waals surface area contributed by atoms with Crippen LogP contribution in [-0.2, 0) is 12.6 Å². The fourth-order valence-electron chi connectivity index (χ4n) is 2.41. The first-order valence-electron chi connectivity index (χ1n) is 6.94. The predicted molar refractivity (Wildman–Crippen MR) is 84.8 cm³/mol. The van der Waals surface area contributed by atoms with Gasteiger partial charge in [-0.15, -0.1) is 0 Å². The highest BCUT2D eigenvalue weighted by Crippen LogP contribution is 2.40. The Balaban J connectivity index is 2.60. The van der Waals surface area contributed by atoms with Crippen molar-refractivity contribution in [2.75, 3.05) is 5.73 Å². The fourth-order valence-corrected chi connectivity index (χ4v) is 2.70. The Labute approximate surface area is 132 Å². The van der Waals surface area contributed by atoms with Gasteiger partial charge in [-0.1, -0.05) is 43.6 Å². The zero-order valence-electron chi connectivity index (χ0n) is 12.3. The lowest BCUT2D eigenvalue weighted by atomic mass is 9.94. The molecule has 2 rings (SSSR count). The molecular weight excluding hydrogens is 311 g/mol. The first-order chi connectivity index (χ1) is 10.2. The summed E-state index contributed by atoms with van der Waals surface area (Å²) in [6, 6.07) is 8.93. The molecule has 0 saturated heterocycles. The summed E-state index contributed by atoms with van der Waals surface area (Å²) in [7, 11) is 0. The van der Waals surface area contributed by atoms with E-state index in [4.69, 9.17) is 17.3 Å². The number of hydrogen-bond donors (Lipinski definition) is 1. The Kier molecular flexibility index (Phi) is 4.71. The Bertz CT molecular complexity index is 678. The molecule has 0 heterocycles. The van der Waals surface area contributed by atoms with Crippen molar-refractivity contribution in [3.05, 3.63) is 52.5 Å². The lowest BCUT2D eigenvalue weighted by molar-refractivity contribution is -0.137. The monoisotopic (exact) mass is 327 g/mol. The normalized spacial score (nSPS) is 12.0. The maximum absolute atomic E-state index is 13.4. The van der Waals surface area contributed by atoms with Crippen molar-refractivity contribution in [3.63, 3.8) is 0 Å². The van der Waals surface area contributed by atoms with Crippen LogP contribution >= 0.6 is 11.6 Å². The third-order valence-corrected chi connectivity index (χ3v) is 3.63. The minimum atomic E-state index is -4.44. The molecule has 0 bridgehead atoms. The first kappa shape index (κ1) is 16.7. The van der Waals surface area contributed by atoms with E-state index < -0.39 is 11.7 Å². The van der Waals surface area contributed by atoms with Gasteiger partial charge in [-0.05, 0) is 41.7 Å². The summed E-state index contributed by atoms with van der Waals surface area (Å²) in [5.74, 6) is 0.284. The lowest BCUT2D eigenvalue weighted by Crippen LogP contribution is -2.09. The third-order valence-electron chi connectivity index (χ3n) is 3.32. The summed E-state index contributed by atoms with van der Waals surface area (Å²) in [5, 5.41) is 0.210. The SMILES string of the molecule is CC(C)Cc1ccc(-c2ccc(N)cc2Cl)c(C(F)(F)F)c1. The van der Waals surface area contributed by atoms with Crippen LogP contribution in [0.15, 0.2) is 36.4 Å². The highest BCUT2D eigenvalue weighted by molar-refractivity contribution is 6.33. The predicted octanol–water partition coefficient (Wildman–Crippen LogP) is 5.81. The summed E-state index contributed by atoms with van der Waals surface area (Å²) >= 11 is 6.06. The Morgan fingerprint density at radius 3 is 2.23 bits per heavy atom. The summed E-state index contributed by atoms with van der Waals surface area (Å²) in [5.41, 5.74) is 6.42. The molecule has 0 spiro atoms. The number of alkyl halides is 3. The van der Waals surface area contributed by atoms with E-state index in [-0.39, 0.29) is 16.5 Å². The van der Waals surface area contributed by atoms with Gasteiger partial charge < -0.3 is 5.73 Å². The average molecular weight is 328 g/mol. The zero-order chi connectivity index (χ0) is 16.5. The van der Waals surface area contributed by atoms with Crippen LogP contribution in [0.5, 0.6) is 0 Å². The molecule has 0 aromatic heterocycles. The second-order valence-corrected chi connectivity index (χ2v) is 6.12. The molecule has 0 atom stereocenters. The van der Waals surface area contributed by atoms with Crippen molar-refractivity contribution >= 4 is 17.3 Å². The van der Waals surface area contributed by atoms with E-state index in [0.29, 0.717) is 23.2 Å². The maximum Gasteiger partial charge on any atom is 0.417 e. The number of nitrogens with two attached hydrogens (primary N) is 1. The number of rotatable bonds is 3. The molecule has 5 heteroatoms. The molecule has 1 nitrogen and oxygen atoms in total. The zero-order valence-corrected chi connectivity index (χ0v) is 13.1. The molecular formula is C17H17ClF3N. The summed E-state index contributed by atoms with van der Waals surface area (Å²) < 4.78 is 40.2. The standard InChI is InChI=1S/C17H17ClF3N/c1-10(2)7-11-3-5-13(15(8-11)17(19,20)21)14-6-4-12(22)9-16(14)18/h3-6,8-10H,7,22H2,1-2H3. The number of halogens is 4. The van der Waals surface area contributed by atoms with Gasteiger partial charge in [0, 0.05) is 11.3 Å². The van der Waals surface area contributed by atoms with E-state index in [0.717, 1.165) is 0 Å². The number of anilines is 1. The van der Waals surface area contributed by atoms with E-state index in [2.05, 4.69) is 0 Å². The molecule has 0 aliphatic rings. The third kappa shape index (κ3) is 3.74. The van der Waals surface area contributed by atoms with Gasteiger partial charge in [0.2, 0.25) is 0 Å². The molecule has 2 aromatic rings. The van der Waals surface area contributed by atoms with E-state index in [9.17, 15) is 13.2 Å². The van der Waals surface area contributed by atoms with Crippen LogP contribution < -0.4 is 5.73 Å². The van der Waals surface area contributed by atoms with Gasteiger partial charge in [-0.3, -0.25) is 0 Å². The van der Waals surface area contributed by atoms with Crippen LogP contribution in [0.3, 0.4) is 0 Å². The van der Waals surface area contributed by atoms with Crippen molar-refractivity contribution < 1.29 is 13.2 Å². The summed E-state index contributed by atoms with van der Waals surface area (Å²) in [6.45, 7) is 3.94. The van der Waals surface area contributed by atoms with Crippen molar-refractivity contribution in [2.45, 2.75) is 26.4 Å². The molecule has 0 fully saturated rings. The molecule has 0 saturated carbocycles. The number of hydrogen-bond acceptors (Lipinski definition) is 1. The van der Waals surface area contributed by atoms with Crippen LogP contribution in [0.25, 0.3) is 11.1 Å². The lowest BCUT2D eigenvalue weighted by Gasteiger charge is -2.16. The molecule has 22 heavy (non-hydrogen) atoms. The Morgan fingerprint density at radius 1 is 1.05 bits per heavy atom. The van der Waals surface area contributed by atoms with Gasteiger partial charge in [0.05, 0.1) is 10.6 Å². The van der Waals surface area contributed by atoms with Crippen LogP contribution in [0.1, 0.15) is 25.0 Å². The van der Waals surface area contributed by atoms with E-state index in [1.54, 1.807) is 12.1 Å². The molecule has 2 aromatic carbocycles. The largest absolute Gasteiger partial charge is 0.417 e. The summed E-state index contributed by atoms with van der Waals surface area (Å²) in [6.07, 6.45) is -3.84. The highest BCUT2D eigenvalue weighted by Gasteiger charge is 2.34. The van der Waals surface area contributed by atoms with Crippen molar-refractivity contribution in [2.24, 2.45) is 5.92 Å². The minimum Gasteiger partial charge on any atom is -0.399 e. The van der Waals surface area contributed by atoms with Crippen molar-refractivity contribution in [1.82, 2.24) is 0 Å². The number of benzene rings is 2. The molecule has 118 valence electrons. The molecule has 0 aliphatic carbocycles. The molecule has 0 unspecified atom stereocenters. The maximum atomic E-state index is 13.4. The van der Waals surface area contributed by atoms with Crippen molar-refractivity contribution in [3.8, 4) is 11.1 Å². The minimum absolute atomic E-state index is 0.0741. The van der Waals surface area contributed by atoms with Crippen LogP contribution in [0, 0.1) is 5.92 Å². The topological polar surface area (TPSA) is 26.0 Å². The first-order valence-corrected chi connectivity index (χ1v) is 7.32. The average Bonchev–Trinajstić information content (AvgIpc) is 2.37. The molecule has 2 N–H and O–H groups in total. The molecule has 0 radical (unpaired) electrons.